The van der Waals surface area contributed by atoms with Gasteiger partial charge in [-0.2, -0.15) is 8.78 Å². The van der Waals surface area contributed by atoms with Crippen molar-refractivity contribution >= 4 is 29.2 Å². The lowest BCUT2D eigenvalue weighted by atomic mass is 10.1. The molecule has 0 spiro atoms. The van der Waals surface area contributed by atoms with Crippen molar-refractivity contribution in [3.8, 4) is 11.5 Å². The number of alkyl halides is 4. The lowest BCUT2D eigenvalue weighted by Crippen LogP contribution is -2.44. The highest BCUT2D eigenvalue weighted by Gasteiger charge is 2.67. The minimum absolute atomic E-state index is 0.0915. The number of carbonyl (C=O) groups is 1. The van der Waals surface area contributed by atoms with Gasteiger partial charge in [0.15, 0.2) is 0 Å². The molecule has 0 saturated heterocycles. The summed E-state index contributed by atoms with van der Waals surface area (Å²) >= 11 is 12.0. The van der Waals surface area contributed by atoms with E-state index in [2.05, 4.69) is 0 Å². The Morgan fingerprint density at radius 2 is 1.67 bits per heavy atom. The topological polar surface area (TPSA) is 44.8 Å². The van der Waals surface area contributed by atoms with Crippen LogP contribution in [0.4, 0.5) is 8.78 Å². The molecule has 0 heterocycles. The van der Waals surface area contributed by atoms with Crippen molar-refractivity contribution in [2.45, 2.75) is 44.6 Å². The van der Waals surface area contributed by atoms with Crippen molar-refractivity contribution < 1.29 is 27.8 Å². The summed E-state index contributed by atoms with van der Waals surface area (Å²) in [6.07, 6.45) is -4.17. The average molecular weight is 425 g/mol. The Hall–Kier alpha value is -1.27. The zero-order chi connectivity index (χ0) is 20.5. The van der Waals surface area contributed by atoms with Gasteiger partial charge in [0.05, 0.1) is 19.1 Å². The Bertz CT molecular complexity index is 662. The number of hydrogen-bond donors (Lipinski definition) is 0. The number of ether oxygens (including phenoxy) is 3. The number of benzene rings is 1. The SMILES string of the molecule is CCOC(=O)C1C(CC(Cl)(Cl)C(F)(F)Oc2ccc(OCC)cc2)C1(C)C. The molecule has 8 heteroatoms. The van der Waals surface area contributed by atoms with Gasteiger partial charge in [0.25, 0.3) is 0 Å². The fourth-order valence-electron chi connectivity index (χ4n) is 3.21. The summed E-state index contributed by atoms with van der Waals surface area (Å²) < 4.78 is 41.8. The minimum Gasteiger partial charge on any atom is -0.494 e. The smallest absolute Gasteiger partial charge is 0.431 e. The third-order valence-electron chi connectivity index (χ3n) is 4.87. The zero-order valence-corrected chi connectivity index (χ0v) is 17.2. The lowest BCUT2D eigenvalue weighted by Gasteiger charge is -2.30. The van der Waals surface area contributed by atoms with Gasteiger partial charge in [0.1, 0.15) is 11.5 Å². The molecule has 0 aromatic heterocycles. The fourth-order valence-corrected chi connectivity index (χ4v) is 3.62. The van der Waals surface area contributed by atoms with Crippen molar-refractivity contribution in [1.29, 1.82) is 0 Å². The van der Waals surface area contributed by atoms with Crippen LogP contribution >= 0.6 is 23.2 Å². The molecule has 1 aliphatic carbocycles. The average Bonchev–Trinajstić information content (AvgIpc) is 3.09. The molecule has 2 rings (SSSR count). The first kappa shape index (κ1) is 22.0. The van der Waals surface area contributed by atoms with Gasteiger partial charge >= 0.3 is 12.1 Å². The van der Waals surface area contributed by atoms with Crippen molar-refractivity contribution in [3.05, 3.63) is 24.3 Å². The summed E-state index contributed by atoms with van der Waals surface area (Å²) in [6.45, 7) is 7.79. The zero-order valence-electron chi connectivity index (χ0n) is 15.7. The number of hydrogen-bond acceptors (Lipinski definition) is 4. The first-order valence-corrected chi connectivity index (χ1v) is 9.56. The maximum atomic E-state index is 14.6. The molecule has 1 aliphatic rings. The van der Waals surface area contributed by atoms with Crippen LogP contribution in [-0.2, 0) is 9.53 Å². The van der Waals surface area contributed by atoms with Gasteiger partial charge in [-0.3, -0.25) is 4.79 Å². The van der Waals surface area contributed by atoms with Gasteiger partial charge in [-0.25, -0.2) is 0 Å². The Kier molecular flexibility index (Phi) is 6.52. The van der Waals surface area contributed by atoms with E-state index in [1.54, 1.807) is 20.8 Å². The second-order valence-electron chi connectivity index (χ2n) is 7.09. The molecule has 2 unspecified atom stereocenters. The molecule has 1 fully saturated rings. The molecule has 0 bridgehead atoms. The maximum Gasteiger partial charge on any atom is 0.431 e. The van der Waals surface area contributed by atoms with Crippen LogP contribution in [0.2, 0.25) is 0 Å². The Morgan fingerprint density at radius 3 is 2.19 bits per heavy atom. The molecule has 4 nitrogen and oxygen atoms in total. The highest BCUT2D eigenvalue weighted by molar-refractivity contribution is 6.49. The summed E-state index contributed by atoms with van der Waals surface area (Å²) in [5.41, 5.74) is -0.517. The molecule has 0 radical (unpaired) electrons. The molecule has 1 aromatic rings. The maximum absolute atomic E-state index is 14.6. The molecule has 0 amide bonds. The van der Waals surface area contributed by atoms with Crippen LogP contribution in [0.3, 0.4) is 0 Å². The largest absolute Gasteiger partial charge is 0.494 e. The van der Waals surface area contributed by atoms with E-state index in [1.807, 2.05) is 6.92 Å². The highest BCUT2D eigenvalue weighted by Crippen LogP contribution is 2.64. The van der Waals surface area contributed by atoms with Gasteiger partial charge in [-0.15, -0.1) is 0 Å². The van der Waals surface area contributed by atoms with Crippen molar-refractivity contribution in [2.24, 2.45) is 17.3 Å². The monoisotopic (exact) mass is 424 g/mol. The molecule has 1 aromatic carbocycles. The normalized spacial score (nSPS) is 21.5. The van der Waals surface area contributed by atoms with Gasteiger partial charge in [0, 0.05) is 0 Å². The van der Waals surface area contributed by atoms with Gasteiger partial charge in [-0.05, 0) is 55.9 Å². The van der Waals surface area contributed by atoms with Gasteiger partial charge < -0.3 is 14.2 Å². The Morgan fingerprint density at radius 1 is 1.11 bits per heavy atom. The number of esters is 1. The van der Waals surface area contributed by atoms with E-state index >= 15 is 0 Å². The molecular formula is C19H24Cl2F2O4. The third-order valence-corrected chi connectivity index (χ3v) is 5.62. The van der Waals surface area contributed by atoms with Gasteiger partial charge in [0.2, 0.25) is 4.33 Å². The second kappa shape index (κ2) is 8.00. The van der Waals surface area contributed by atoms with Crippen molar-refractivity contribution in [3.63, 3.8) is 0 Å². The van der Waals surface area contributed by atoms with Gasteiger partial charge in [-0.1, -0.05) is 37.0 Å². The minimum atomic E-state index is -3.86. The first-order chi connectivity index (χ1) is 12.5. The van der Waals surface area contributed by atoms with E-state index in [0.717, 1.165) is 0 Å². The molecule has 27 heavy (non-hydrogen) atoms. The van der Waals surface area contributed by atoms with Crippen molar-refractivity contribution in [1.82, 2.24) is 0 Å². The van der Waals surface area contributed by atoms with Crippen LogP contribution in [0.5, 0.6) is 11.5 Å². The van der Waals surface area contributed by atoms with Crippen LogP contribution in [0, 0.1) is 17.3 Å². The van der Waals surface area contributed by atoms with Crippen LogP contribution in [0.1, 0.15) is 34.1 Å². The fraction of sp³-hybridized carbons (Fsp3) is 0.632. The summed E-state index contributed by atoms with van der Waals surface area (Å²) in [5, 5.41) is 0. The third kappa shape index (κ3) is 4.77. The number of halogens is 4. The predicted octanol–water partition coefficient (Wildman–Crippen LogP) is 5.46. The Balaban J connectivity index is 2.06. The summed E-state index contributed by atoms with van der Waals surface area (Å²) in [5.74, 6) is -0.927. The molecular weight excluding hydrogens is 401 g/mol. The highest BCUT2D eigenvalue weighted by atomic mass is 35.5. The molecule has 2 atom stereocenters. The van der Waals surface area contributed by atoms with E-state index in [-0.39, 0.29) is 18.8 Å². The summed E-state index contributed by atoms with van der Waals surface area (Å²) in [7, 11) is 0. The molecule has 1 saturated carbocycles. The van der Waals surface area contributed by atoms with E-state index in [4.69, 9.17) is 37.4 Å². The molecule has 152 valence electrons. The van der Waals surface area contributed by atoms with Crippen LogP contribution in [0.25, 0.3) is 0 Å². The number of rotatable bonds is 9. The van der Waals surface area contributed by atoms with Crippen LogP contribution in [0.15, 0.2) is 24.3 Å². The standard InChI is InChI=1S/C19H24Cl2F2O4/c1-5-25-12-7-9-13(10-8-12)27-19(22,23)18(20,21)11-14-15(17(14,3)4)16(24)26-6-2/h7-10,14-15H,5-6,11H2,1-4H3. The van der Waals surface area contributed by atoms with Crippen LogP contribution < -0.4 is 9.47 Å². The Labute approximate surface area is 168 Å². The van der Waals surface area contributed by atoms with E-state index in [1.165, 1.54) is 24.3 Å². The lowest BCUT2D eigenvalue weighted by molar-refractivity contribution is -0.189. The molecule has 0 aliphatic heterocycles. The first-order valence-electron chi connectivity index (χ1n) is 8.80. The quantitative estimate of drug-likeness (QED) is 0.390. The predicted molar refractivity (Wildman–Crippen MR) is 99.6 cm³/mol. The van der Waals surface area contributed by atoms with Crippen molar-refractivity contribution in [2.75, 3.05) is 13.2 Å². The summed E-state index contributed by atoms with van der Waals surface area (Å²) in [6, 6.07) is 5.73. The second-order valence-corrected chi connectivity index (χ2v) is 8.57. The van der Waals surface area contributed by atoms with E-state index < -0.39 is 33.7 Å². The summed E-state index contributed by atoms with van der Waals surface area (Å²) in [4.78, 5) is 12.0. The van der Waals surface area contributed by atoms with E-state index in [9.17, 15) is 13.6 Å². The van der Waals surface area contributed by atoms with E-state index in [0.29, 0.717) is 12.4 Å². The number of carbonyl (C=O) groups excluding carboxylic acids is 1. The molecule has 0 N–H and O–H groups in total. The van der Waals surface area contributed by atoms with Crippen LogP contribution in [-0.4, -0.2) is 29.6 Å².